The van der Waals surface area contributed by atoms with E-state index in [9.17, 15) is 14.0 Å². The number of hydrogen-bond donors (Lipinski definition) is 2. The van der Waals surface area contributed by atoms with Gasteiger partial charge < -0.3 is 20.1 Å². The molecule has 5 aromatic rings. The second kappa shape index (κ2) is 13.8. The highest BCUT2D eigenvalue weighted by molar-refractivity contribution is 7.24. The molecule has 1 unspecified atom stereocenters. The predicted molar refractivity (Wildman–Crippen MR) is 174 cm³/mol. The molecule has 8 heteroatoms. The summed E-state index contributed by atoms with van der Waals surface area (Å²) in [5.74, 6) is 0.739. The number of unbranched alkanes of at least 4 members (excludes halogenated alkanes) is 1. The van der Waals surface area contributed by atoms with Crippen LogP contribution in [0.5, 0.6) is 11.5 Å². The number of ether oxygens (including phenoxy) is 2. The SMILES string of the molecule is COc1ccc(CC(C)NCCCCc2ccc(NC(=O)c3cccc4c(=O)c5cc(F)ccc5sc34)cc2)cc1OC. The van der Waals surface area contributed by atoms with E-state index in [1.165, 1.54) is 34.6 Å². The molecule has 4 aromatic carbocycles. The van der Waals surface area contributed by atoms with E-state index in [1.54, 1.807) is 38.5 Å². The maximum absolute atomic E-state index is 13.7. The van der Waals surface area contributed by atoms with Gasteiger partial charge in [-0.3, -0.25) is 9.59 Å². The summed E-state index contributed by atoms with van der Waals surface area (Å²) in [5, 5.41) is 7.30. The van der Waals surface area contributed by atoms with E-state index in [2.05, 4.69) is 23.6 Å². The number of amides is 1. The molecule has 0 saturated carbocycles. The van der Waals surface area contributed by atoms with Crippen LogP contribution in [0, 0.1) is 5.82 Å². The summed E-state index contributed by atoms with van der Waals surface area (Å²) in [4.78, 5) is 26.2. The molecule has 0 fully saturated rings. The van der Waals surface area contributed by atoms with E-state index in [0.29, 0.717) is 37.5 Å². The highest BCUT2D eigenvalue weighted by Crippen LogP contribution is 2.29. The first kappa shape index (κ1) is 30.2. The van der Waals surface area contributed by atoms with Gasteiger partial charge in [-0.05, 0) is 105 Å². The van der Waals surface area contributed by atoms with E-state index in [0.717, 1.165) is 43.7 Å². The third-order valence-electron chi connectivity index (χ3n) is 7.49. The van der Waals surface area contributed by atoms with Crippen molar-refractivity contribution >= 4 is 43.1 Å². The van der Waals surface area contributed by atoms with Crippen molar-refractivity contribution in [1.82, 2.24) is 5.32 Å². The standard InChI is InChI=1S/C35H35FN2O4S/c1-22(19-24-12-16-30(41-2)31(20-24)42-3)37-18-5-4-7-23-10-14-26(15-11-23)38-35(40)28-9-6-8-27-33(39)29-21-25(36)13-17-32(29)43-34(27)28/h6,8-17,20-22,37H,4-5,7,18-19H2,1-3H3,(H,38,40). The van der Waals surface area contributed by atoms with Crippen LogP contribution in [0.2, 0.25) is 0 Å². The second-order valence-electron chi connectivity index (χ2n) is 10.6. The Hall–Kier alpha value is -4.27. The maximum atomic E-state index is 13.7. The first-order chi connectivity index (χ1) is 20.9. The third kappa shape index (κ3) is 7.21. The van der Waals surface area contributed by atoms with E-state index >= 15 is 0 Å². The van der Waals surface area contributed by atoms with Gasteiger partial charge in [-0.25, -0.2) is 4.39 Å². The number of nitrogens with one attached hydrogen (secondary N) is 2. The van der Waals surface area contributed by atoms with Crippen LogP contribution >= 0.6 is 11.3 Å². The molecule has 1 heterocycles. The molecular weight excluding hydrogens is 563 g/mol. The van der Waals surface area contributed by atoms with Gasteiger partial charge in [0.1, 0.15) is 5.82 Å². The smallest absolute Gasteiger partial charge is 0.257 e. The van der Waals surface area contributed by atoms with Crippen molar-refractivity contribution < 1.29 is 18.7 Å². The summed E-state index contributed by atoms with van der Waals surface area (Å²) in [6, 6.07) is 23.5. The van der Waals surface area contributed by atoms with Gasteiger partial charge in [-0.2, -0.15) is 0 Å². The van der Waals surface area contributed by atoms with Gasteiger partial charge in [0.2, 0.25) is 0 Å². The van der Waals surface area contributed by atoms with Crippen molar-refractivity contribution in [3.05, 3.63) is 112 Å². The monoisotopic (exact) mass is 598 g/mol. The lowest BCUT2D eigenvalue weighted by Gasteiger charge is -2.15. The van der Waals surface area contributed by atoms with E-state index < -0.39 is 5.82 Å². The molecule has 1 atom stereocenters. The van der Waals surface area contributed by atoms with Crippen molar-refractivity contribution in [2.75, 3.05) is 26.1 Å². The maximum Gasteiger partial charge on any atom is 0.257 e. The van der Waals surface area contributed by atoms with Gasteiger partial charge in [0.05, 0.1) is 24.5 Å². The first-order valence-corrected chi connectivity index (χ1v) is 15.2. The molecule has 1 aromatic heterocycles. The average Bonchev–Trinajstić information content (AvgIpc) is 3.01. The Morgan fingerprint density at radius 2 is 1.65 bits per heavy atom. The Kier molecular flexibility index (Phi) is 9.69. The quantitative estimate of drug-likeness (QED) is 0.116. The number of carbonyl (C=O) groups excluding carboxylic acids is 1. The van der Waals surface area contributed by atoms with E-state index in [-0.39, 0.29) is 11.3 Å². The Bertz CT molecular complexity index is 1800. The fraction of sp³-hybridized carbons (Fsp3) is 0.257. The lowest BCUT2D eigenvalue weighted by Crippen LogP contribution is -2.29. The summed E-state index contributed by atoms with van der Waals surface area (Å²) in [6.07, 6.45) is 3.96. The van der Waals surface area contributed by atoms with Crippen LogP contribution in [0.15, 0.2) is 83.7 Å². The summed E-state index contributed by atoms with van der Waals surface area (Å²) in [7, 11) is 3.29. The lowest BCUT2D eigenvalue weighted by molar-refractivity contribution is 0.102. The number of fused-ring (bicyclic) bond motifs is 2. The molecule has 0 aliphatic carbocycles. The molecule has 1 amide bonds. The molecule has 0 aliphatic rings. The van der Waals surface area contributed by atoms with Crippen LogP contribution in [0.1, 0.15) is 41.3 Å². The molecule has 0 aliphatic heterocycles. The van der Waals surface area contributed by atoms with Gasteiger partial charge in [-0.1, -0.05) is 24.3 Å². The number of rotatable bonds is 12. The van der Waals surface area contributed by atoms with Gasteiger partial charge in [0.25, 0.3) is 5.91 Å². The molecule has 222 valence electrons. The Morgan fingerprint density at radius 3 is 2.42 bits per heavy atom. The number of benzene rings is 4. The van der Waals surface area contributed by atoms with Gasteiger partial charge >= 0.3 is 0 Å². The molecule has 5 rings (SSSR count). The number of hydrogen-bond acceptors (Lipinski definition) is 6. The number of anilines is 1. The minimum absolute atomic E-state index is 0.273. The average molecular weight is 599 g/mol. The first-order valence-electron chi connectivity index (χ1n) is 14.4. The third-order valence-corrected chi connectivity index (χ3v) is 8.71. The minimum atomic E-state index is -0.456. The van der Waals surface area contributed by atoms with Crippen LogP contribution in [0.25, 0.3) is 20.2 Å². The van der Waals surface area contributed by atoms with Crippen LogP contribution in [-0.2, 0) is 12.8 Å². The van der Waals surface area contributed by atoms with Crippen LogP contribution < -0.4 is 25.5 Å². The van der Waals surface area contributed by atoms with Crippen molar-refractivity contribution in [3.63, 3.8) is 0 Å². The largest absolute Gasteiger partial charge is 0.493 e. The zero-order valence-electron chi connectivity index (χ0n) is 24.5. The van der Waals surface area contributed by atoms with Crippen molar-refractivity contribution in [1.29, 1.82) is 0 Å². The van der Waals surface area contributed by atoms with Gasteiger partial charge in [0.15, 0.2) is 16.9 Å². The number of aryl methyl sites for hydroxylation is 1. The summed E-state index contributed by atoms with van der Waals surface area (Å²) < 4.78 is 25.7. The Morgan fingerprint density at radius 1 is 0.884 bits per heavy atom. The second-order valence-corrected chi connectivity index (χ2v) is 11.7. The van der Waals surface area contributed by atoms with Gasteiger partial charge in [-0.15, -0.1) is 11.3 Å². The van der Waals surface area contributed by atoms with Crippen LogP contribution in [0.4, 0.5) is 10.1 Å². The highest BCUT2D eigenvalue weighted by atomic mass is 32.1. The normalized spacial score (nSPS) is 11.9. The van der Waals surface area contributed by atoms with Crippen LogP contribution in [-0.4, -0.2) is 32.7 Å². The van der Waals surface area contributed by atoms with Crippen LogP contribution in [0.3, 0.4) is 0 Å². The molecule has 0 radical (unpaired) electrons. The van der Waals surface area contributed by atoms with E-state index in [1.807, 2.05) is 36.4 Å². The molecule has 0 bridgehead atoms. The molecule has 0 spiro atoms. The Labute approximate surface area is 254 Å². The number of methoxy groups -OCH3 is 2. The summed E-state index contributed by atoms with van der Waals surface area (Å²) in [6.45, 7) is 3.12. The summed E-state index contributed by atoms with van der Waals surface area (Å²) >= 11 is 1.32. The zero-order valence-corrected chi connectivity index (χ0v) is 25.4. The number of carbonyl (C=O) groups is 1. The fourth-order valence-electron chi connectivity index (χ4n) is 5.22. The highest BCUT2D eigenvalue weighted by Gasteiger charge is 2.15. The minimum Gasteiger partial charge on any atom is -0.493 e. The molecule has 43 heavy (non-hydrogen) atoms. The van der Waals surface area contributed by atoms with Crippen molar-refractivity contribution in [2.45, 2.75) is 38.6 Å². The zero-order chi connectivity index (χ0) is 30.3. The van der Waals surface area contributed by atoms with Crippen molar-refractivity contribution in [3.8, 4) is 11.5 Å². The summed E-state index contributed by atoms with van der Waals surface area (Å²) in [5.41, 5.74) is 3.24. The van der Waals surface area contributed by atoms with E-state index in [4.69, 9.17) is 9.47 Å². The molecule has 0 saturated heterocycles. The van der Waals surface area contributed by atoms with Crippen molar-refractivity contribution in [2.24, 2.45) is 0 Å². The topological polar surface area (TPSA) is 76.7 Å². The molecule has 2 N–H and O–H groups in total. The van der Waals surface area contributed by atoms with Gasteiger partial charge in [0, 0.05) is 27.2 Å². The molecular formula is C35H35FN2O4S. The lowest BCUT2D eigenvalue weighted by atomic mass is 10.1. The Balaban J connectivity index is 1.11. The molecule has 6 nitrogen and oxygen atoms in total. The number of halogens is 1. The predicted octanol–water partition coefficient (Wildman–Crippen LogP) is 7.37. The fourth-order valence-corrected chi connectivity index (χ4v) is 6.38.